The van der Waals surface area contributed by atoms with Gasteiger partial charge in [-0.25, -0.2) is 8.42 Å². The summed E-state index contributed by atoms with van der Waals surface area (Å²) in [4.78, 5) is 21.2. The molecular formula is C22H25N5O4S2. The van der Waals surface area contributed by atoms with Crippen LogP contribution in [0.3, 0.4) is 0 Å². The molecule has 174 valence electrons. The van der Waals surface area contributed by atoms with E-state index in [1.165, 1.54) is 17.1 Å². The zero-order valence-corrected chi connectivity index (χ0v) is 19.6. The molecular weight excluding hydrogens is 462 g/mol. The molecule has 1 aliphatic carbocycles. The van der Waals surface area contributed by atoms with Gasteiger partial charge < -0.3 is 9.84 Å². The molecule has 0 bridgehead atoms. The Kier molecular flexibility index (Phi) is 6.26. The second kappa shape index (κ2) is 9.32. The van der Waals surface area contributed by atoms with E-state index in [-0.39, 0.29) is 16.7 Å². The summed E-state index contributed by atoms with van der Waals surface area (Å²) in [6.45, 7) is 0.538. The molecule has 0 spiro atoms. The summed E-state index contributed by atoms with van der Waals surface area (Å²) in [6.07, 6.45) is 8.90. The average molecular weight is 488 g/mol. The number of pyridine rings is 1. The molecule has 33 heavy (non-hydrogen) atoms. The van der Waals surface area contributed by atoms with Gasteiger partial charge in [0.25, 0.3) is 10.0 Å². The van der Waals surface area contributed by atoms with Gasteiger partial charge in [0.15, 0.2) is 0 Å². The maximum absolute atomic E-state index is 13.3. The van der Waals surface area contributed by atoms with E-state index in [1.54, 1.807) is 36.0 Å². The summed E-state index contributed by atoms with van der Waals surface area (Å²) in [5.74, 6) is 0.745. The Morgan fingerprint density at radius 1 is 1.21 bits per heavy atom. The van der Waals surface area contributed by atoms with Crippen LogP contribution in [0, 0.1) is 5.92 Å². The quantitative estimate of drug-likeness (QED) is 0.560. The molecule has 1 atom stereocenters. The number of nitrogens with zero attached hydrogens (tertiary/aromatic N) is 4. The van der Waals surface area contributed by atoms with Crippen LogP contribution in [-0.2, 0) is 14.8 Å². The number of nitrogens with one attached hydrogen (secondary N) is 1. The van der Waals surface area contributed by atoms with Gasteiger partial charge in [-0.05, 0) is 43.9 Å². The van der Waals surface area contributed by atoms with Gasteiger partial charge in [0.05, 0.1) is 17.8 Å². The number of sulfonamides is 1. The number of anilines is 1. The molecule has 11 heteroatoms. The van der Waals surface area contributed by atoms with Gasteiger partial charge in [-0.1, -0.05) is 18.0 Å². The van der Waals surface area contributed by atoms with Crippen LogP contribution in [0.4, 0.5) is 5.69 Å². The van der Waals surface area contributed by atoms with Crippen LogP contribution in [0.2, 0.25) is 0 Å². The first-order valence-electron chi connectivity index (χ1n) is 11.1. The van der Waals surface area contributed by atoms with E-state index in [4.69, 9.17) is 4.52 Å². The molecule has 0 radical (unpaired) electrons. The van der Waals surface area contributed by atoms with Gasteiger partial charge in [0.2, 0.25) is 17.6 Å². The topological polar surface area (TPSA) is 118 Å². The lowest BCUT2D eigenvalue weighted by atomic mass is 9.99. The van der Waals surface area contributed by atoms with Crippen molar-refractivity contribution in [3.05, 3.63) is 41.9 Å². The van der Waals surface area contributed by atoms with Crippen LogP contribution >= 0.6 is 11.3 Å². The minimum Gasteiger partial charge on any atom is -0.339 e. The SMILES string of the molecule is O=C(Nc1cccnc1)[C@H]1CCCN(S(=O)(=O)c2cc(-c3noc(C4CCCC4)n3)cs2)C1. The van der Waals surface area contributed by atoms with Crippen molar-refractivity contribution >= 4 is 33.0 Å². The molecule has 1 N–H and O–H groups in total. The van der Waals surface area contributed by atoms with Crippen LogP contribution in [0.25, 0.3) is 11.4 Å². The van der Waals surface area contributed by atoms with Gasteiger partial charge in [-0.2, -0.15) is 9.29 Å². The first-order chi connectivity index (χ1) is 16.0. The van der Waals surface area contributed by atoms with Crippen LogP contribution in [0.1, 0.15) is 50.3 Å². The van der Waals surface area contributed by atoms with E-state index in [0.29, 0.717) is 48.3 Å². The second-order valence-corrected chi connectivity index (χ2v) is 11.6. The van der Waals surface area contributed by atoms with Crippen molar-refractivity contribution in [2.75, 3.05) is 18.4 Å². The van der Waals surface area contributed by atoms with Crippen molar-refractivity contribution in [3.8, 4) is 11.4 Å². The van der Waals surface area contributed by atoms with Gasteiger partial charge >= 0.3 is 0 Å². The zero-order valence-electron chi connectivity index (χ0n) is 18.0. The molecule has 9 nitrogen and oxygen atoms in total. The minimum absolute atomic E-state index is 0.149. The predicted molar refractivity (Wildman–Crippen MR) is 123 cm³/mol. The zero-order chi connectivity index (χ0) is 22.8. The highest BCUT2D eigenvalue weighted by Crippen LogP contribution is 2.35. The normalized spacial score (nSPS) is 20.2. The van der Waals surface area contributed by atoms with Crippen molar-refractivity contribution < 1.29 is 17.7 Å². The first-order valence-corrected chi connectivity index (χ1v) is 13.5. The Morgan fingerprint density at radius 3 is 2.85 bits per heavy atom. The van der Waals surface area contributed by atoms with Gasteiger partial charge in [0.1, 0.15) is 4.21 Å². The number of thiophene rings is 1. The third kappa shape index (κ3) is 4.71. The molecule has 4 heterocycles. The number of amides is 1. The van der Waals surface area contributed by atoms with E-state index in [0.717, 1.165) is 24.2 Å². The van der Waals surface area contributed by atoms with E-state index < -0.39 is 15.9 Å². The molecule has 2 fully saturated rings. The monoisotopic (exact) mass is 487 g/mol. The summed E-state index contributed by atoms with van der Waals surface area (Å²) in [7, 11) is -3.72. The van der Waals surface area contributed by atoms with Crippen LogP contribution in [0.5, 0.6) is 0 Å². The highest BCUT2D eigenvalue weighted by Gasteiger charge is 2.34. The number of hydrogen-bond donors (Lipinski definition) is 1. The Bertz CT molecular complexity index is 1220. The standard InChI is InChI=1S/C22H25N5O4S2/c28-21(24-18-8-3-9-23-12-18)16-7-4-10-27(13-16)33(29,30)19-11-17(14-32-19)20-25-22(31-26-20)15-5-1-2-6-15/h3,8-9,11-12,14-16H,1-2,4-7,10,13H2,(H,24,28)/t16-/m0/s1. The lowest BCUT2D eigenvalue weighted by molar-refractivity contribution is -0.120. The third-order valence-corrected chi connectivity index (χ3v) is 9.54. The molecule has 0 aromatic carbocycles. The largest absolute Gasteiger partial charge is 0.339 e. The van der Waals surface area contributed by atoms with Gasteiger partial charge in [-0.3, -0.25) is 9.78 Å². The molecule has 1 aliphatic heterocycles. The number of piperidine rings is 1. The molecule has 5 rings (SSSR count). The third-order valence-electron chi connectivity index (χ3n) is 6.26. The molecule has 3 aromatic rings. The van der Waals surface area contributed by atoms with Crippen molar-refractivity contribution in [3.63, 3.8) is 0 Å². The minimum atomic E-state index is -3.72. The number of rotatable bonds is 6. The highest BCUT2D eigenvalue weighted by molar-refractivity contribution is 7.91. The maximum Gasteiger partial charge on any atom is 0.252 e. The fourth-order valence-corrected chi connectivity index (χ4v) is 7.28. The summed E-state index contributed by atoms with van der Waals surface area (Å²) in [5.41, 5.74) is 1.23. The van der Waals surface area contributed by atoms with E-state index >= 15 is 0 Å². The van der Waals surface area contributed by atoms with Crippen molar-refractivity contribution in [2.45, 2.75) is 48.7 Å². The fraction of sp³-hybridized carbons (Fsp3) is 0.455. The van der Waals surface area contributed by atoms with Crippen molar-refractivity contribution in [2.24, 2.45) is 5.92 Å². The van der Waals surface area contributed by atoms with E-state index in [1.807, 2.05) is 0 Å². The molecule has 0 unspecified atom stereocenters. The predicted octanol–water partition coefficient (Wildman–Crippen LogP) is 3.89. The number of hydrogen-bond acceptors (Lipinski definition) is 8. The molecule has 3 aromatic heterocycles. The lowest BCUT2D eigenvalue weighted by Gasteiger charge is -2.30. The molecule has 2 aliphatic rings. The maximum atomic E-state index is 13.3. The number of carbonyl (C=O) groups excluding carboxylic acids is 1. The Labute approximate surface area is 196 Å². The van der Waals surface area contributed by atoms with Crippen LogP contribution in [-0.4, -0.2) is 46.8 Å². The number of carbonyl (C=O) groups is 1. The molecule has 1 amide bonds. The molecule has 1 saturated carbocycles. The highest BCUT2D eigenvalue weighted by atomic mass is 32.2. The molecule has 1 saturated heterocycles. The summed E-state index contributed by atoms with van der Waals surface area (Å²) in [5, 5.41) is 8.64. The Morgan fingerprint density at radius 2 is 2.06 bits per heavy atom. The summed E-state index contributed by atoms with van der Waals surface area (Å²) >= 11 is 1.14. The summed E-state index contributed by atoms with van der Waals surface area (Å²) < 4.78 is 33.7. The fourth-order valence-electron chi connectivity index (χ4n) is 4.44. The Hall–Kier alpha value is -2.63. The lowest BCUT2D eigenvalue weighted by Crippen LogP contribution is -2.43. The van der Waals surface area contributed by atoms with Crippen molar-refractivity contribution in [1.82, 2.24) is 19.4 Å². The van der Waals surface area contributed by atoms with E-state index in [9.17, 15) is 13.2 Å². The van der Waals surface area contributed by atoms with Gasteiger partial charge in [0, 0.05) is 36.1 Å². The van der Waals surface area contributed by atoms with Gasteiger partial charge in [-0.15, -0.1) is 11.3 Å². The Balaban J connectivity index is 1.28. The second-order valence-electron chi connectivity index (χ2n) is 8.53. The van der Waals surface area contributed by atoms with Crippen molar-refractivity contribution in [1.29, 1.82) is 0 Å². The average Bonchev–Trinajstić information content (AvgIpc) is 3.61. The van der Waals surface area contributed by atoms with Crippen LogP contribution in [0.15, 0.2) is 44.7 Å². The van der Waals surface area contributed by atoms with Crippen LogP contribution < -0.4 is 5.32 Å². The smallest absolute Gasteiger partial charge is 0.252 e. The number of aromatic nitrogens is 3. The summed E-state index contributed by atoms with van der Waals surface area (Å²) in [6, 6.07) is 5.09. The van der Waals surface area contributed by atoms with E-state index in [2.05, 4.69) is 20.4 Å². The first kappa shape index (κ1) is 22.2.